The van der Waals surface area contributed by atoms with Gasteiger partial charge < -0.3 is 40.3 Å². The smallest absolute Gasteiger partial charge is 0.220 e. The summed E-state index contributed by atoms with van der Waals surface area (Å²) in [5, 5.41) is 54.6. The summed E-state index contributed by atoms with van der Waals surface area (Å²) in [4.78, 5) is 13.1. The molecule has 9 heteroatoms. The summed E-state index contributed by atoms with van der Waals surface area (Å²) in [6, 6.07) is -0.723. The van der Waals surface area contributed by atoms with Crippen LogP contribution in [0.3, 0.4) is 0 Å². The molecule has 0 aromatic carbocycles. The molecule has 1 rings (SSSR count). The number of rotatable bonds is 52. The van der Waals surface area contributed by atoms with Gasteiger partial charge in [-0.1, -0.05) is 272 Å². The average molecular weight is 1050 g/mol. The van der Waals surface area contributed by atoms with Gasteiger partial charge in [0.2, 0.25) is 5.91 Å². The predicted molar refractivity (Wildman–Crippen MR) is 318 cm³/mol. The molecule has 0 aliphatic carbocycles. The number of hydrogen-bond donors (Lipinski definition) is 6. The molecule has 1 saturated heterocycles. The van der Waals surface area contributed by atoms with Gasteiger partial charge in [0.15, 0.2) is 6.29 Å². The lowest BCUT2D eigenvalue weighted by atomic mass is 9.99. The first kappa shape index (κ1) is 70.1. The van der Waals surface area contributed by atoms with E-state index < -0.39 is 49.5 Å². The van der Waals surface area contributed by atoms with Crippen LogP contribution in [0.2, 0.25) is 0 Å². The Balaban J connectivity index is 2.09. The van der Waals surface area contributed by atoms with Gasteiger partial charge in [0.05, 0.1) is 25.4 Å². The van der Waals surface area contributed by atoms with E-state index >= 15 is 0 Å². The van der Waals surface area contributed by atoms with Crippen molar-refractivity contribution in [1.82, 2.24) is 5.32 Å². The third-order valence-corrected chi connectivity index (χ3v) is 14.2. The van der Waals surface area contributed by atoms with Crippen LogP contribution in [-0.4, -0.2) is 87.5 Å². The topological polar surface area (TPSA) is 149 Å². The van der Waals surface area contributed by atoms with Gasteiger partial charge in [-0.05, 0) is 77.0 Å². The average Bonchev–Trinajstić information content (AvgIpc) is 3.41. The van der Waals surface area contributed by atoms with Gasteiger partial charge in [-0.15, -0.1) is 0 Å². The Morgan fingerprint density at radius 2 is 0.827 bits per heavy atom. The summed E-state index contributed by atoms with van der Waals surface area (Å²) in [5.74, 6) is -0.147. The predicted octanol–water partition coefficient (Wildman–Crippen LogP) is 16.0. The maximum Gasteiger partial charge on any atom is 0.220 e. The quantitative estimate of drug-likeness (QED) is 0.0261. The standard InChI is InChI=1S/C66H115NO8/c1-3-5-7-9-11-13-15-17-18-19-20-21-22-23-24-25-26-27-28-29-30-31-32-33-34-35-36-37-38-39-40-41-42-44-46-48-50-52-54-56-62(70)67-59(58-74-66-65(73)64(72)63(71)61(57-68)75-66)60(69)55-53-51-49-47-45-43-16-14-12-10-8-6-4-2/h5,7,11,13,17-18,20-21,23-24,26-27,29-30,32-33,59-61,63-66,68-69,71-73H,3-4,6,8-10,12,14-16,19,22,25,28,31,34-58H2,1-2H3,(H,67,70)/b7-5-,13-11-,18-17-,21-20-,24-23-,27-26-,30-29-,33-32-. The number of amides is 1. The number of ether oxygens (including phenoxy) is 2. The van der Waals surface area contributed by atoms with Gasteiger partial charge >= 0.3 is 0 Å². The Morgan fingerprint density at radius 1 is 0.467 bits per heavy atom. The van der Waals surface area contributed by atoms with Crippen molar-refractivity contribution in [3.8, 4) is 0 Å². The number of carbonyl (C=O) groups excluding carboxylic acids is 1. The zero-order valence-electron chi connectivity index (χ0n) is 48.0. The minimum atomic E-state index is -1.56. The van der Waals surface area contributed by atoms with Crippen LogP contribution in [-0.2, 0) is 14.3 Å². The van der Waals surface area contributed by atoms with Gasteiger partial charge in [0, 0.05) is 6.42 Å². The molecular weight excluding hydrogens is 935 g/mol. The van der Waals surface area contributed by atoms with Crippen molar-refractivity contribution in [3.63, 3.8) is 0 Å². The van der Waals surface area contributed by atoms with E-state index in [4.69, 9.17) is 9.47 Å². The summed E-state index contributed by atoms with van der Waals surface area (Å²) in [6.45, 7) is 3.72. The minimum Gasteiger partial charge on any atom is -0.394 e. The largest absolute Gasteiger partial charge is 0.394 e. The molecule has 0 bridgehead atoms. The summed E-state index contributed by atoms with van der Waals surface area (Å²) < 4.78 is 11.3. The van der Waals surface area contributed by atoms with Crippen LogP contribution in [0.5, 0.6) is 0 Å². The molecule has 9 nitrogen and oxygen atoms in total. The third-order valence-electron chi connectivity index (χ3n) is 14.2. The van der Waals surface area contributed by atoms with E-state index in [9.17, 15) is 30.3 Å². The Hall–Kier alpha value is -2.89. The molecule has 75 heavy (non-hydrogen) atoms. The summed E-state index contributed by atoms with van der Waals surface area (Å²) in [7, 11) is 0. The molecule has 0 radical (unpaired) electrons. The Kier molecular flexibility index (Phi) is 50.9. The van der Waals surface area contributed by atoms with E-state index in [1.54, 1.807) is 0 Å². The number of hydrogen-bond acceptors (Lipinski definition) is 8. The van der Waals surface area contributed by atoms with Crippen LogP contribution in [0.1, 0.15) is 258 Å². The summed E-state index contributed by atoms with van der Waals surface area (Å²) in [6.07, 6.45) is 71.7. The highest BCUT2D eigenvalue weighted by Crippen LogP contribution is 2.23. The Labute approximate surface area is 460 Å². The van der Waals surface area contributed by atoms with Crippen LogP contribution in [0, 0.1) is 0 Å². The first-order chi connectivity index (χ1) is 36.8. The molecule has 0 saturated carbocycles. The van der Waals surface area contributed by atoms with E-state index in [0.29, 0.717) is 12.8 Å². The van der Waals surface area contributed by atoms with E-state index in [2.05, 4.69) is 116 Å². The molecular formula is C66H115NO8. The van der Waals surface area contributed by atoms with Gasteiger partial charge in [-0.3, -0.25) is 4.79 Å². The molecule has 0 aromatic rings. The SMILES string of the molecule is CC/C=C\C/C=C\C/C=C\C/C=C\C/C=C\C/C=C\C/C=C\C/C=C\CCCCCCCCCCCCCCCCC(=O)NC(COC1OC(CO)C(O)C(O)C1O)C(O)CCCCCCCCCCCCCCC. The molecule has 6 N–H and O–H groups in total. The number of carbonyl (C=O) groups is 1. The maximum atomic E-state index is 13.1. The molecule has 432 valence electrons. The second kappa shape index (κ2) is 54.5. The van der Waals surface area contributed by atoms with Crippen molar-refractivity contribution in [2.45, 2.75) is 301 Å². The second-order valence-corrected chi connectivity index (χ2v) is 21.1. The third kappa shape index (κ3) is 43.7. The number of nitrogens with one attached hydrogen (secondary N) is 1. The van der Waals surface area contributed by atoms with Gasteiger partial charge in [0.1, 0.15) is 24.4 Å². The van der Waals surface area contributed by atoms with Gasteiger partial charge in [0.25, 0.3) is 0 Å². The fourth-order valence-electron chi connectivity index (χ4n) is 9.35. The highest BCUT2D eigenvalue weighted by Gasteiger charge is 2.44. The lowest BCUT2D eigenvalue weighted by molar-refractivity contribution is -0.302. The van der Waals surface area contributed by atoms with Crippen LogP contribution in [0.15, 0.2) is 97.2 Å². The second-order valence-electron chi connectivity index (χ2n) is 21.1. The van der Waals surface area contributed by atoms with Gasteiger partial charge in [-0.2, -0.15) is 0 Å². The van der Waals surface area contributed by atoms with Crippen LogP contribution >= 0.6 is 0 Å². The molecule has 1 heterocycles. The van der Waals surface area contributed by atoms with Crippen LogP contribution < -0.4 is 5.32 Å². The lowest BCUT2D eigenvalue weighted by Crippen LogP contribution is -2.60. The number of unbranched alkanes of at least 4 members (excludes halogenated alkanes) is 26. The van der Waals surface area contributed by atoms with Crippen LogP contribution in [0.25, 0.3) is 0 Å². The summed E-state index contributed by atoms with van der Waals surface area (Å²) in [5.41, 5.74) is 0. The molecule has 1 aliphatic heterocycles. The molecule has 7 atom stereocenters. The highest BCUT2D eigenvalue weighted by molar-refractivity contribution is 5.76. The molecule has 0 aromatic heterocycles. The number of allylic oxidation sites excluding steroid dienone is 16. The Morgan fingerprint density at radius 3 is 1.23 bits per heavy atom. The van der Waals surface area contributed by atoms with E-state index in [1.165, 1.54) is 141 Å². The summed E-state index contributed by atoms with van der Waals surface area (Å²) >= 11 is 0. The zero-order valence-corrected chi connectivity index (χ0v) is 48.0. The Bertz CT molecular complexity index is 1500. The zero-order chi connectivity index (χ0) is 54.3. The van der Waals surface area contributed by atoms with Crippen molar-refractivity contribution in [2.24, 2.45) is 0 Å². The molecule has 1 amide bonds. The minimum absolute atomic E-state index is 0.140. The van der Waals surface area contributed by atoms with E-state index in [0.717, 1.165) is 89.9 Å². The van der Waals surface area contributed by atoms with Crippen molar-refractivity contribution >= 4 is 5.91 Å². The molecule has 0 spiro atoms. The maximum absolute atomic E-state index is 13.1. The lowest BCUT2D eigenvalue weighted by Gasteiger charge is -2.40. The van der Waals surface area contributed by atoms with Crippen molar-refractivity contribution in [1.29, 1.82) is 0 Å². The molecule has 1 aliphatic rings. The van der Waals surface area contributed by atoms with E-state index in [-0.39, 0.29) is 12.5 Å². The van der Waals surface area contributed by atoms with E-state index in [1.807, 2.05) is 0 Å². The van der Waals surface area contributed by atoms with Crippen LogP contribution in [0.4, 0.5) is 0 Å². The first-order valence-electron chi connectivity index (χ1n) is 30.9. The highest BCUT2D eigenvalue weighted by atomic mass is 16.7. The fourth-order valence-corrected chi connectivity index (χ4v) is 9.35. The molecule has 1 fully saturated rings. The molecule has 7 unspecified atom stereocenters. The number of aliphatic hydroxyl groups is 5. The van der Waals surface area contributed by atoms with Crippen molar-refractivity contribution < 1.29 is 39.8 Å². The first-order valence-corrected chi connectivity index (χ1v) is 30.9. The number of aliphatic hydroxyl groups excluding tert-OH is 5. The normalized spacial score (nSPS) is 19.6. The van der Waals surface area contributed by atoms with Crippen molar-refractivity contribution in [2.75, 3.05) is 13.2 Å². The van der Waals surface area contributed by atoms with Crippen molar-refractivity contribution in [3.05, 3.63) is 97.2 Å². The fraction of sp³-hybridized carbons (Fsp3) is 0.742. The van der Waals surface area contributed by atoms with Gasteiger partial charge in [-0.25, -0.2) is 0 Å². The monoisotopic (exact) mass is 1050 g/mol.